The van der Waals surface area contributed by atoms with Gasteiger partial charge in [-0.1, -0.05) is 30.3 Å². The summed E-state index contributed by atoms with van der Waals surface area (Å²) in [6.07, 6.45) is 1.61. The molecule has 1 saturated carbocycles. The van der Waals surface area contributed by atoms with Gasteiger partial charge < -0.3 is 0 Å². The molecule has 76 valence electrons. The van der Waals surface area contributed by atoms with E-state index in [0.29, 0.717) is 6.42 Å². The van der Waals surface area contributed by atoms with Crippen LogP contribution < -0.4 is 5.14 Å². The molecule has 0 saturated heterocycles. The van der Waals surface area contributed by atoms with Crippen molar-refractivity contribution < 1.29 is 8.42 Å². The highest BCUT2D eigenvalue weighted by Crippen LogP contribution is 2.40. The lowest BCUT2D eigenvalue weighted by atomic mass is 9.79. The van der Waals surface area contributed by atoms with Crippen molar-refractivity contribution in [1.29, 1.82) is 0 Å². The van der Waals surface area contributed by atoms with E-state index >= 15 is 0 Å². The second-order valence-electron chi connectivity index (χ2n) is 3.72. The molecule has 14 heavy (non-hydrogen) atoms. The summed E-state index contributed by atoms with van der Waals surface area (Å²) in [6.45, 7) is 0. The molecule has 0 radical (unpaired) electrons. The number of hydrogen-bond acceptors (Lipinski definition) is 2. The maximum absolute atomic E-state index is 11.2. The molecular weight excluding hydrogens is 198 g/mol. The summed E-state index contributed by atoms with van der Waals surface area (Å²) < 4.78 is 22.4. The van der Waals surface area contributed by atoms with Crippen LogP contribution in [0.15, 0.2) is 30.3 Å². The number of nitrogens with two attached hydrogens (primary N) is 1. The molecule has 1 aliphatic carbocycles. The molecule has 1 aromatic rings. The molecule has 2 atom stereocenters. The molecule has 0 amide bonds. The molecule has 2 rings (SSSR count). The van der Waals surface area contributed by atoms with E-state index in [2.05, 4.69) is 0 Å². The van der Waals surface area contributed by atoms with Crippen LogP contribution in [0.4, 0.5) is 0 Å². The van der Waals surface area contributed by atoms with Gasteiger partial charge in [-0.25, -0.2) is 13.6 Å². The van der Waals surface area contributed by atoms with Crippen molar-refractivity contribution in [2.75, 3.05) is 0 Å². The molecule has 0 spiro atoms. The van der Waals surface area contributed by atoms with Crippen LogP contribution in [0.2, 0.25) is 0 Å². The van der Waals surface area contributed by atoms with E-state index in [-0.39, 0.29) is 11.2 Å². The van der Waals surface area contributed by atoms with Gasteiger partial charge in [-0.15, -0.1) is 0 Å². The molecule has 0 aliphatic heterocycles. The predicted octanol–water partition coefficient (Wildman–Crippen LogP) is 1.22. The van der Waals surface area contributed by atoms with Crippen LogP contribution in [-0.4, -0.2) is 13.7 Å². The van der Waals surface area contributed by atoms with E-state index in [1.807, 2.05) is 30.3 Å². The van der Waals surface area contributed by atoms with E-state index < -0.39 is 10.0 Å². The largest absolute Gasteiger partial charge is 0.228 e. The number of benzene rings is 1. The van der Waals surface area contributed by atoms with Gasteiger partial charge in [-0.2, -0.15) is 0 Å². The minimum Gasteiger partial charge on any atom is -0.228 e. The zero-order chi connectivity index (χ0) is 10.2. The van der Waals surface area contributed by atoms with Crippen molar-refractivity contribution in [2.24, 2.45) is 5.14 Å². The van der Waals surface area contributed by atoms with E-state index in [1.165, 1.54) is 0 Å². The SMILES string of the molecule is NS(=O)(=O)[C@@H]1CC[C@H]1c1ccccc1. The van der Waals surface area contributed by atoms with Crippen molar-refractivity contribution in [3.05, 3.63) is 35.9 Å². The average molecular weight is 211 g/mol. The third kappa shape index (κ3) is 1.67. The fourth-order valence-electron chi connectivity index (χ4n) is 1.94. The Morgan fingerprint density at radius 3 is 2.21 bits per heavy atom. The number of primary sulfonamides is 1. The van der Waals surface area contributed by atoms with Crippen LogP contribution in [0.3, 0.4) is 0 Å². The monoisotopic (exact) mass is 211 g/mol. The zero-order valence-corrected chi connectivity index (χ0v) is 8.57. The Hall–Kier alpha value is -0.870. The van der Waals surface area contributed by atoms with Crippen LogP contribution in [0.25, 0.3) is 0 Å². The molecule has 0 bridgehead atoms. The van der Waals surface area contributed by atoms with Crippen LogP contribution in [0.5, 0.6) is 0 Å². The lowest BCUT2D eigenvalue weighted by Crippen LogP contribution is -2.40. The smallest absolute Gasteiger partial charge is 0.212 e. The van der Waals surface area contributed by atoms with E-state index in [4.69, 9.17) is 5.14 Å². The van der Waals surface area contributed by atoms with Crippen molar-refractivity contribution >= 4 is 10.0 Å². The summed E-state index contributed by atoms with van der Waals surface area (Å²) in [6, 6.07) is 9.69. The molecule has 3 nitrogen and oxygen atoms in total. The maximum Gasteiger partial charge on any atom is 0.212 e. The Labute approximate surface area is 84.0 Å². The fourth-order valence-corrected chi connectivity index (χ4v) is 3.16. The van der Waals surface area contributed by atoms with Gasteiger partial charge in [0.2, 0.25) is 10.0 Å². The summed E-state index contributed by atoms with van der Waals surface area (Å²) in [5.74, 6) is 0.103. The Kier molecular flexibility index (Phi) is 2.33. The number of rotatable bonds is 2. The van der Waals surface area contributed by atoms with Crippen LogP contribution in [-0.2, 0) is 10.0 Å². The standard InChI is InChI=1S/C10H13NO2S/c11-14(12,13)10-7-6-9(10)8-4-2-1-3-5-8/h1-5,9-10H,6-7H2,(H2,11,12,13)/t9-,10+/m0/s1. The first-order valence-corrected chi connectivity index (χ1v) is 6.26. The molecule has 0 heterocycles. The Morgan fingerprint density at radius 2 is 1.79 bits per heavy atom. The summed E-state index contributed by atoms with van der Waals surface area (Å²) in [5.41, 5.74) is 1.08. The first-order valence-electron chi connectivity index (χ1n) is 4.65. The molecule has 0 aromatic heterocycles. The first-order chi connectivity index (χ1) is 6.59. The van der Waals surface area contributed by atoms with Gasteiger partial charge in [0, 0.05) is 5.92 Å². The zero-order valence-electron chi connectivity index (χ0n) is 7.76. The van der Waals surface area contributed by atoms with Gasteiger partial charge in [0.05, 0.1) is 5.25 Å². The van der Waals surface area contributed by atoms with Crippen LogP contribution in [0.1, 0.15) is 24.3 Å². The van der Waals surface area contributed by atoms with Gasteiger partial charge in [0.1, 0.15) is 0 Å². The Balaban J connectivity index is 2.23. The lowest BCUT2D eigenvalue weighted by molar-refractivity contribution is 0.410. The van der Waals surface area contributed by atoms with Crippen LogP contribution >= 0.6 is 0 Å². The molecule has 1 aromatic carbocycles. The van der Waals surface area contributed by atoms with Gasteiger partial charge in [-0.05, 0) is 18.4 Å². The quantitative estimate of drug-likeness (QED) is 0.799. The molecule has 1 fully saturated rings. The van der Waals surface area contributed by atoms with Crippen LogP contribution in [0, 0.1) is 0 Å². The van der Waals surface area contributed by atoms with Crippen molar-refractivity contribution in [3.8, 4) is 0 Å². The highest BCUT2D eigenvalue weighted by atomic mass is 32.2. The van der Waals surface area contributed by atoms with Gasteiger partial charge >= 0.3 is 0 Å². The van der Waals surface area contributed by atoms with Crippen molar-refractivity contribution in [1.82, 2.24) is 0 Å². The average Bonchev–Trinajstić information content (AvgIpc) is 2.00. The topological polar surface area (TPSA) is 60.2 Å². The van der Waals surface area contributed by atoms with Gasteiger partial charge in [-0.3, -0.25) is 0 Å². The Morgan fingerprint density at radius 1 is 1.14 bits per heavy atom. The van der Waals surface area contributed by atoms with Gasteiger partial charge in [0.25, 0.3) is 0 Å². The lowest BCUT2D eigenvalue weighted by Gasteiger charge is -2.34. The van der Waals surface area contributed by atoms with Crippen molar-refractivity contribution in [2.45, 2.75) is 24.0 Å². The minimum absolute atomic E-state index is 0.103. The molecular formula is C10H13NO2S. The van der Waals surface area contributed by atoms with E-state index in [9.17, 15) is 8.42 Å². The maximum atomic E-state index is 11.2. The summed E-state index contributed by atoms with van der Waals surface area (Å²) >= 11 is 0. The first kappa shape index (κ1) is 9.68. The number of hydrogen-bond donors (Lipinski definition) is 1. The molecule has 0 unspecified atom stereocenters. The minimum atomic E-state index is -3.36. The normalized spacial score (nSPS) is 26.9. The summed E-state index contributed by atoms with van der Waals surface area (Å²) in [4.78, 5) is 0. The Bertz CT molecular complexity index is 413. The fraction of sp³-hybridized carbons (Fsp3) is 0.400. The highest BCUT2D eigenvalue weighted by molar-refractivity contribution is 7.89. The second kappa shape index (κ2) is 3.37. The third-order valence-electron chi connectivity index (χ3n) is 2.86. The molecule has 2 N–H and O–H groups in total. The van der Waals surface area contributed by atoms with Gasteiger partial charge in [0.15, 0.2) is 0 Å². The molecule has 4 heteroatoms. The summed E-state index contributed by atoms with van der Waals surface area (Å²) in [5, 5.41) is 4.77. The van der Waals surface area contributed by atoms with E-state index in [1.54, 1.807) is 0 Å². The number of sulfonamides is 1. The highest BCUT2D eigenvalue weighted by Gasteiger charge is 2.39. The van der Waals surface area contributed by atoms with Crippen molar-refractivity contribution in [3.63, 3.8) is 0 Å². The predicted molar refractivity (Wildman–Crippen MR) is 55.3 cm³/mol. The molecule has 1 aliphatic rings. The second-order valence-corrected chi connectivity index (χ2v) is 5.51. The van der Waals surface area contributed by atoms with E-state index in [0.717, 1.165) is 12.0 Å². The third-order valence-corrected chi connectivity index (χ3v) is 4.27. The summed E-state index contributed by atoms with van der Waals surface area (Å²) in [7, 11) is -3.36.